The fourth-order valence-corrected chi connectivity index (χ4v) is 2.89. The van der Waals surface area contributed by atoms with Crippen LogP contribution in [0.3, 0.4) is 0 Å². The first kappa shape index (κ1) is 18.4. The van der Waals surface area contributed by atoms with Crippen LogP contribution in [0.15, 0.2) is 23.1 Å². The molecule has 0 spiro atoms. The summed E-state index contributed by atoms with van der Waals surface area (Å²) in [5, 5.41) is 2.73. The molecule has 0 aliphatic heterocycles. The van der Waals surface area contributed by atoms with Crippen molar-refractivity contribution >= 4 is 15.9 Å². The summed E-state index contributed by atoms with van der Waals surface area (Å²) in [7, 11) is 2.05. The molecule has 1 aromatic carbocycles. The average molecular weight is 330 g/mol. The number of hydrogen-bond acceptors (Lipinski definition) is 5. The molecule has 1 rings (SSSR count). The summed E-state index contributed by atoms with van der Waals surface area (Å²) in [6.07, 6.45) is 0. The quantitative estimate of drug-likeness (QED) is 0.796. The SMILES string of the molecule is COC[C@@H](C)NC(=O)c1ccc(OC)c(S(=O)(=O)N(C)C)c1. The molecule has 1 N–H and O–H groups in total. The monoisotopic (exact) mass is 330 g/mol. The smallest absolute Gasteiger partial charge is 0.251 e. The number of nitrogens with one attached hydrogen (secondary N) is 1. The van der Waals surface area contributed by atoms with E-state index in [1.807, 2.05) is 0 Å². The molecule has 0 unspecified atom stereocenters. The van der Waals surface area contributed by atoms with Crippen LogP contribution in [0.25, 0.3) is 0 Å². The number of ether oxygens (including phenoxy) is 2. The minimum absolute atomic E-state index is 0.0490. The van der Waals surface area contributed by atoms with Crippen molar-refractivity contribution in [2.75, 3.05) is 34.9 Å². The molecule has 1 atom stereocenters. The van der Waals surface area contributed by atoms with Crippen LogP contribution in [0.2, 0.25) is 0 Å². The van der Waals surface area contributed by atoms with Gasteiger partial charge in [-0.05, 0) is 25.1 Å². The lowest BCUT2D eigenvalue weighted by molar-refractivity contribution is 0.0905. The molecule has 0 saturated carbocycles. The van der Waals surface area contributed by atoms with Crippen molar-refractivity contribution in [3.63, 3.8) is 0 Å². The first-order chi connectivity index (χ1) is 10.2. The number of nitrogens with zero attached hydrogens (tertiary/aromatic N) is 1. The summed E-state index contributed by atoms with van der Waals surface area (Å²) in [5.41, 5.74) is 0.240. The number of benzene rings is 1. The topological polar surface area (TPSA) is 84.9 Å². The molecule has 0 aliphatic carbocycles. The molecule has 0 aromatic heterocycles. The van der Waals surface area contributed by atoms with E-state index in [9.17, 15) is 13.2 Å². The molecule has 1 amide bonds. The Morgan fingerprint density at radius 3 is 2.45 bits per heavy atom. The molecular formula is C14H22N2O5S. The van der Waals surface area contributed by atoms with Crippen molar-refractivity contribution in [1.82, 2.24) is 9.62 Å². The van der Waals surface area contributed by atoms with Gasteiger partial charge in [-0.15, -0.1) is 0 Å². The molecule has 0 aliphatic rings. The lowest BCUT2D eigenvalue weighted by Gasteiger charge is -2.16. The Kier molecular flexibility index (Phi) is 6.34. The predicted molar refractivity (Wildman–Crippen MR) is 82.7 cm³/mol. The second-order valence-electron chi connectivity index (χ2n) is 4.98. The van der Waals surface area contributed by atoms with E-state index in [1.165, 1.54) is 46.5 Å². The molecule has 0 heterocycles. The summed E-state index contributed by atoms with van der Waals surface area (Å²) in [4.78, 5) is 12.1. The van der Waals surface area contributed by atoms with Crippen LogP contribution in [0, 0.1) is 0 Å². The van der Waals surface area contributed by atoms with Crippen LogP contribution in [-0.4, -0.2) is 59.6 Å². The van der Waals surface area contributed by atoms with Gasteiger partial charge in [-0.3, -0.25) is 4.79 Å². The third kappa shape index (κ3) is 4.19. The Bertz CT molecular complexity index is 628. The van der Waals surface area contributed by atoms with E-state index in [0.717, 1.165) is 4.31 Å². The Labute approximate surface area is 131 Å². The van der Waals surface area contributed by atoms with Crippen molar-refractivity contribution in [2.45, 2.75) is 17.9 Å². The maximum atomic E-state index is 12.3. The zero-order valence-corrected chi connectivity index (χ0v) is 14.2. The van der Waals surface area contributed by atoms with Crippen LogP contribution in [0.5, 0.6) is 5.75 Å². The molecular weight excluding hydrogens is 308 g/mol. The van der Waals surface area contributed by atoms with E-state index in [-0.39, 0.29) is 28.2 Å². The normalized spacial score (nSPS) is 13.0. The summed E-state index contributed by atoms with van der Waals surface area (Å²) in [5.74, 6) is -0.183. The maximum Gasteiger partial charge on any atom is 0.251 e. The number of carbonyl (C=O) groups is 1. The van der Waals surface area contributed by atoms with Gasteiger partial charge >= 0.3 is 0 Å². The molecule has 124 valence electrons. The van der Waals surface area contributed by atoms with Gasteiger partial charge in [-0.25, -0.2) is 12.7 Å². The van der Waals surface area contributed by atoms with Crippen LogP contribution >= 0.6 is 0 Å². The molecule has 1 aromatic rings. The number of carbonyl (C=O) groups excluding carboxylic acids is 1. The first-order valence-electron chi connectivity index (χ1n) is 6.64. The number of amides is 1. The standard InChI is InChI=1S/C14H22N2O5S/c1-10(9-20-4)15-14(17)11-6-7-12(21-5)13(8-11)22(18,19)16(2)3/h6-8,10H,9H2,1-5H3,(H,15,17)/t10-/m1/s1. The van der Waals surface area contributed by atoms with E-state index in [1.54, 1.807) is 6.92 Å². The summed E-state index contributed by atoms with van der Waals surface area (Å²) in [6, 6.07) is 4.10. The summed E-state index contributed by atoms with van der Waals surface area (Å²) in [6.45, 7) is 2.16. The van der Waals surface area contributed by atoms with Crippen molar-refractivity contribution in [3.8, 4) is 5.75 Å². The van der Waals surface area contributed by atoms with Crippen molar-refractivity contribution in [2.24, 2.45) is 0 Å². The minimum Gasteiger partial charge on any atom is -0.495 e. The van der Waals surface area contributed by atoms with Gasteiger partial charge in [0, 0.05) is 32.8 Å². The number of methoxy groups -OCH3 is 2. The predicted octanol–water partition coefficient (Wildman–Crippen LogP) is 0.710. The molecule has 0 saturated heterocycles. The van der Waals surface area contributed by atoms with Gasteiger partial charge in [0.05, 0.1) is 13.7 Å². The lowest BCUT2D eigenvalue weighted by atomic mass is 10.2. The molecule has 0 fully saturated rings. The molecule has 0 bridgehead atoms. The number of hydrogen-bond donors (Lipinski definition) is 1. The largest absolute Gasteiger partial charge is 0.495 e. The highest BCUT2D eigenvalue weighted by atomic mass is 32.2. The average Bonchev–Trinajstić information content (AvgIpc) is 2.46. The highest BCUT2D eigenvalue weighted by Crippen LogP contribution is 2.26. The fourth-order valence-electron chi connectivity index (χ4n) is 1.82. The van der Waals surface area contributed by atoms with Crippen LogP contribution in [0.1, 0.15) is 17.3 Å². The molecule has 22 heavy (non-hydrogen) atoms. The third-order valence-electron chi connectivity index (χ3n) is 2.98. The van der Waals surface area contributed by atoms with Crippen molar-refractivity contribution < 1.29 is 22.7 Å². The third-order valence-corrected chi connectivity index (χ3v) is 4.81. The van der Waals surface area contributed by atoms with Gasteiger partial charge in [0.2, 0.25) is 10.0 Å². The minimum atomic E-state index is -3.71. The Hall–Kier alpha value is -1.64. The zero-order valence-electron chi connectivity index (χ0n) is 13.4. The van der Waals surface area contributed by atoms with Crippen LogP contribution < -0.4 is 10.1 Å². The Morgan fingerprint density at radius 1 is 1.32 bits per heavy atom. The van der Waals surface area contributed by atoms with E-state index < -0.39 is 10.0 Å². The highest BCUT2D eigenvalue weighted by molar-refractivity contribution is 7.89. The molecule has 0 radical (unpaired) electrons. The highest BCUT2D eigenvalue weighted by Gasteiger charge is 2.24. The van der Waals surface area contributed by atoms with Gasteiger partial charge in [0.1, 0.15) is 10.6 Å². The van der Waals surface area contributed by atoms with E-state index in [4.69, 9.17) is 9.47 Å². The summed E-state index contributed by atoms with van der Waals surface area (Å²) >= 11 is 0. The van der Waals surface area contributed by atoms with E-state index in [2.05, 4.69) is 5.32 Å². The lowest BCUT2D eigenvalue weighted by Crippen LogP contribution is -2.35. The second-order valence-corrected chi connectivity index (χ2v) is 7.10. The van der Waals surface area contributed by atoms with Crippen LogP contribution in [-0.2, 0) is 14.8 Å². The second kappa shape index (κ2) is 7.57. The van der Waals surface area contributed by atoms with Gasteiger partial charge in [0.15, 0.2) is 0 Å². The van der Waals surface area contributed by atoms with Gasteiger partial charge in [-0.2, -0.15) is 0 Å². The van der Waals surface area contributed by atoms with Crippen molar-refractivity contribution in [3.05, 3.63) is 23.8 Å². The zero-order chi connectivity index (χ0) is 16.9. The Morgan fingerprint density at radius 2 is 1.95 bits per heavy atom. The number of sulfonamides is 1. The summed E-state index contributed by atoms with van der Waals surface area (Å²) < 4.78 is 35.7. The van der Waals surface area contributed by atoms with Crippen molar-refractivity contribution in [1.29, 1.82) is 0 Å². The van der Waals surface area contributed by atoms with Crippen LogP contribution in [0.4, 0.5) is 0 Å². The van der Waals surface area contributed by atoms with Gasteiger partial charge in [-0.1, -0.05) is 0 Å². The molecule has 8 heteroatoms. The van der Waals surface area contributed by atoms with E-state index >= 15 is 0 Å². The maximum absolute atomic E-state index is 12.3. The van der Waals surface area contributed by atoms with Gasteiger partial charge in [0.25, 0.3) is 5.91 Å². The fraction of sp³-hybridized carbons (Fsp3) is 0.500. The first-order valence-corrected chi connectivity index (χ1v) is 8.08. The van der Waals surface area contributed by atoms with Gasteiger partial charge < -0.3 is 14.8 Å². The van der Waals surface area contributed by atoms with E-state index in [0.29, 0.717) is 6.61 Å². The number of rotatable bonds is 7. The molecule has 7 nitrogen and oxygen atoms in total. The Balaban J connectivity index is 3.18.